The number of hydrogen-bond acceptors (Lipinski definition) is 6. The van der Waals surface area contributed by atoms with Crippen molar-refractivity contribution in [3.8, 4) is 5.75 Å². The monoisotopic (exact) mass is 412 g/mol. The van der Waals surface area contributed by atoms with Gasteiger partial charge in [-0.1, -0.05) is 12.1 Å². The number of benzene rings is 2. The maximum Gasteiger partial charge on any atom is 0.418 e. The van der Waals surface area contributed by atoms with Crippen LogP contribution in [0.25, 0.3) is 0 Å². The number of carbonyl (C=O) groups excluding carboxylic acids is 2. The van der Waals surface area contributed by atoms with Crippen molar-refractivity contribution in [3.05, 3.63) is 63.7 Å². The van der Waals surface area contributed by atoms with Gasteiger partial charge in [0, 0.05) is 12.1 Å². The normalized spacial score (nSPS) is 12.1. The van der Waals surface area contributed by atoms with E-state index in [2.05, 4.69) is 0 Å². The average molecular weight is 412 g/mol. The molecule has 154 valence electrons. The first kappa shape index (κ1) is 21.7. The van der Waals surface area contributed by atoms with Gasteiger partial charge in [0.25, 0.3) is 11.6 Å². The van der Waals surface area contributed by atoms with E-state index in [9.17, 15) is 38.0 Å². The van der Waals surface area contributed by atoms with E-state index in [1.54, 1.807) is 0 Å². The second kappa shape index (κ2) is 8.59. The number of amides is 1. The Morgan fingerprint density at radius 2 is 1.83 bits per heavy atom. The van der Waals surface area contributed by atoms with Gasteiger partial charge in [-0.15, -0.1) is 0 Å². The lowest BCUT2D eigenvalue weighted by Crippen LogP contribution is -2.31. The third kappa shape index (κ3) is 5.92. The maximum atomic E-state index is 13.1. The van der Waals surface area contributed by atoms with Crippen molar-refractivity contribution in [2.75, 3.05) is 5.32 Å². The van der Waals surface area contributed by atoms with Crippen LogP contribution in [0.5, 0.6) is 5.75 Å². The lowest BCUT2D eigenvalue weighted by atomic mass is 10.1. The van der Waals surface area contributed by atoms with E-state index < -0.39 is 46.0 Å². The number of halogens is 3. The van der Waals surface area contributed by atoms with E-state index in [1.165, 1.54) is 31.2 Å². The molecule has 1 amide bonds. The highest BCUT2D eigenvalue weighted by Gasteiger charge is 2.36. The SMILES string of the molecule is C[C@@H](OC(=O)Cc1ccc(O)cc1)C(=O)Nc1ccc([N+](=O)[O-])cc1C(F)(F)F. The molecule has 2 N–H and O–H groups in total. The molecule has 2 aromatic carbocycles. The molecule has 2 rings (SSSR count). The van der Waals surface area contributed by atoms with Crippen LogP contribution in [0.1, 0.15) is 18.1 Å². The molecule has 0 fully saturated rings. The molecule has 11 heteroatoms. The molecule has 0 radical (unpaired) electrons. The largest absolute Gasteiger partial charge is 0.508 e. The summed E-state index contributed by atoms with van der Waals surface area (Å²) in [7, 11) is 0. The van der Waals surface area contributed by atoms with Gasteiger partial charge in [-0.3, -0.25) is 19.7 Å². The van der Waals surface area contributed by atoms with Crippen LogP contribution in [0, 0.1) is 10.1 Å². The van der Waals surface area contributed by atoms with Crippen molar-refractivity contribution in [2.45, 2.75) is 25.6 Å². The summed E-state index contributed by atoms with van der Waals surface area (Å²) in [4.78, 5) is 33.7. The van der Waals surface area contributed by atoms with E-state index >= 15 is 0 Å². The molecule has 0 aliphatic heterocycles. The van der Waals surface area contributed by atoms with Gasteiger partial charge < -0.3 is 15.2 Å². The smallest absolute Gasteiger partial charge is 0.418 e. The van der Waals surface area contributed by atoms with E-state index in [0.717, 1.165) is 12.1 Å². The zero-order chi connectivity index (χ0) is 21.8. The summed E-state index contributed by atoms with van der Waals surface area (Å²) >= 11 is 0. The minimum atomic E-state index is -4.95. The molecule has 2 aromatic rings. The third-order valence-corrected chi connectivity index (χ3v) is 3.74. The van der Waals surface area contributed by atoms with E-state index in [-0.39, 0.29) is 12.2 Å². The predicted octanol–water partition coefficient (Wildman–Crippen LogP) is 3.43. The van der Waals surface area contributed by atoms with Gasteiger partial charge in [-0.05, 0) is 30.7 Å². The Kier molecular flexibility index (Phi) is 6.42. The molecular weight excluding hydrogens is 397 g/mol. The lowest BCUT2D eigenvalue weighted by Gasteiger charge is -2.17. The van der Waals surface area contributed by atoms with Crippen molar-refractivity contribution < 1.29 is 37.5 Å². The number of alkyl halides is 3. The molecule has 0 saturated heterocycles. The third-order valence-electron chi connectivity index (χ3n) is 3.74. The highest BCUT2D eigenvalue weighted by molar-refractivity contribution is 5.96. The minimum Gasteiger partial charge on any atom is -0.508 e. The Labute approximate surface area is 162 Å². The standard InChI is InChI=1S/C18H15F3N2O6/c1-10(29-16(25)8-11-2-5-13(24)6-3-11)17(26)22-15-7-4-12(23(27)28)9-14(15)18(19,20)21/h2-7,9-10,24H,8H2,1H3,(H,22,26)/t10-/m1/s1. The van der Waals surface area contributed by atoms with Crippen LogP contribution in [-0.4, -0.2) is 28.0 Å². The summed E-state index contributed by atoms with van der Waals surface area (Å²) in [5.41, 5.74) is -2.39. The van der Waals surface area contributed by atoms with E-state index in [1.807, 2.05) is 5.32 Å². The van der Waals surface area contributed by atoms with Crippen LogP contribution in [0.15, 0.2) is 42.5 Å². The summed E-state index contributed by atoms with van der Waals surface area (Å²) < 4.78 is 44.3. The van der Waals surface area contributed by atoms with Gasteiger partial charge in [0.1, 0.15) is 5.75 Å². The molecule has 0 heterocycles. The van der Waals surface area contributed by atoms with Gasteiger partial charge >= 0.3 is 12.1 Å². The van der Waals surface area contributed by atoms with Crippen LogP contribution in [-0.2, 0) is 26.9 Å². The number of nitrogens with one attached hydrogen (secondary N) is 1. The fourth-order valence-corrected chi connectivity index (χ4v) is 2.30. The summed E-state index contributed by atoms with van der Waals surface area (Å²) in [6, 6.07) is 7.51. The van der Waals surface area contributed by atoms with Crippen molar-refractivity contribution >= 4 is 23.3 Å². The summed E-state index contributed by atoms with van der Waals surface area (Å²) in [5.74, 6) is -1.85. The van der Waals surface area contributed by atoms with Crippen LogP contribution in [0.3, 0.4) is 0 Å². The Hall–Kier alpha value is -3.63. The molecule has 0 saturated carbocycles. The van der Waals surface area contributed by atoms with Crippen molar-refractivity contribution in [2.24, 2.45) is 0 Å². The number of aromatic hydroxyl groups is 1. The van der Waals surface area contributed by atoms with Gasteiger partial charge in [-0.25, -0.2) is 0 Å². The summed E-state index contributed by atoms with van der Waals surface area (Å²) in [6.45, 7) is 1.17. The number of rotatable bonds is 6. The van der Waals surface area contributed by atoms with Crippen LogP contribution >= 0.6 is 0 Å². The summed E-state index contributed by atoms with van der Waals surface area (Å²) in [5, 5.41) is 21.8. The molecule has 0 aliphatic carbocycles. The van der Waals surface area contributed by atoms with Crippen LogP contribution < -0.4 is 5.32 Å². The molecule has 0 aliphatic rings. The fourth-order valence-electron chi connectivity index (χ4n) is 2.30. The second-order valence-electron chi connectivity index (χ2n) is 5.95. The molecule has 29 heavy (non-hydrogen) atoms. The topological polar surface area (TPSA) is 119 Å². The predicted molar refractivity (Wildman–Crippen MR) is 94.1 cm³/mol. The minimum absolute atomic E-state index is 0.00145. The fraction of sp³-hybridized carbons (Fsp3) is 0.222. The number of nitro benzene ring substituents is 1. The Morgan fingerprint density at radius 3 is 2.38 bits per heavy atom. The summed E-state index contributed by atoms with van der Waals surface area (Å²) in [6.07, 6.45) is -6.59. The van der Waals surface area contributed by atoms with Gasteiger partial charge in [0.15, 0.2) is 6.10 Å². The average Bonchev–Trinajstić information content (AvgIpc) is 2.62. The maximum absolute atomic E-state index is 13.1. The molecule has 0 aromatic heterocycles. The highest BCUT2D eigenvalue weighted by atomic mass is 19.4. The number of nitro groups is 1. The first-order valence-electron chi connectivity index (χ1n) is 8.11. The molecule has 0 unspecified atom stereocenters. The number of carbonyl (C=O) groups is 2. The Balaban J connectivity index is 2.07. The number of non-ortho nitro benzene ring substituents is 1. The number of esters is 1. The number of anilines is 1. The zero-order valence-corrected chi connectivity index (χ0v) is 14.9. The highest BCUT2D eigenvalue weighted by Crippen LogP contribution is 2.37. The van der Waals surface area contributed by atoms with Crippen molar-refractivity contribution in [1.29, 1.82) is 0 Å². The molecule has 0 spiro atoms. The zero-order valence-electron chi connectivity index (χ0n) is 14.9. The number of hydrogen-bond donors (Lipinski definition) is 2. The molecule has 1 atom stereocenters. The van der Waals surface area contributed by atoms with Crippen LogP contribution in [0.4, 0.5) is 24.5 Å². The van der Waals surface area contributed by atoms with E-state index in [0.29, 0.717) is 11.6 Å². The second-order valence-corrected chi connectivity index (χ2v) is 5.95. The van der Waals surface area contributed by atoms with Crippen molar-refractivity contribution in [1.82, 2.24) is 0 Å². The first-order valence-corrected chi connectivity index (χ1v) is 8.11. The molecule has 0 bridgehead atoms. The number of nitrogens with zero attached hydrogens (tertiary/aromatic N) is 1. The Bertz CT molecular complexity index is 928. The van der Waals surface area contributed by atoms with Crippen molar-refractivity contribution in [3.63, 3.8) is 0 Å². The number of phenols is 1. The first-order chi connectivity index (χ1) is 13.5. The van der Waals surface area contributed by atoms with Crippen LogP contribution in [0.2, 0.25) is 0 Å². The van der Waals surface area contributed by atoms with Gasteiger partial charge in [-0.2, -0.15) is 13.2 Å². The number of ether oxygens (including phenoxy) is 1. The molecule has 8 nitrogen and oxygen atoms in total. The lowest BCUT2D eigenvalue weighted by molar-refractivity contribution is -0.385. The molecular formula is C18H15F3N2O6. The quantitative estimate of drug-likeness (QED) is 0.426. The number of phenolic OH excluding ortho intramolecular Hbond substituents is 1. The van der Waals surface area contributed by atoms with Gasteiger partial charge in [0.05, 0.1) is 22.6 Å². The Morgan fingerprint density at radius 1 is 1.21 bits per heavy atom. The van der Waals surface area contributed by atoms with Gasteiger partial charge in [0.2, 0.25) is 0 Å². The van der Waals surface area contributed by atoms with E-state index in [4.69, 9.17) is 4.74 Å².